The largest absolute Gasteiger partial charge is 0.497 e. The van der Waals surface area contributed by atoms with Crippen molar-refractivity contribution in [2.75, 3.05) is 18.2 Å². The van der Waals surface area contributed by atoms with E-state index in [0.717, 1.165) is 22.6 Å². The number of methoxy groups -OCH3 is 1. The molecule has 4 rings (SSSR count). The highest BCUT2D eigenvalue weighted by Crippen LogP contribution is 2.21. The number of hydrogen-bond acceptors (Lipinski definition) is 6. The Hall–Kier alpha value is -4.39. The molecule has 0 radical (unpaired) electrons. The maximum atomic E-state index is 13.1. The summed E-state index contributed by atoms with van der Waals surface area (Å²) in [5, 5.41) is 6.16. The molecule has 0 aliphatic carbocycles. The van der Waals surface area contributed by atoms with Crippen LogP contribution in [0.25, 0.3) is 0 Å². The molecule has 0 bridgehead atoms. The standard InChI is InChI=1S/C27H27N5O2/c1-18-9-11-19(12-10-18)16-29-26(33)24-17-30-27(31-22-7-4-8-23(15-22)34-2)32-25(24)14-20-5-3-6-21(28)13-20/h3-13,15,17H,14,16,28H2,1-2H3,(H,29,33)(H,30,31,32). The first-order chi connectivity index (χ1) is 16.5. The second-order valence-electron chi connectivity index (χ2n) is 8.00. The van der Waals surface area contributed by atoms with Crippen LogP contribution < -0.4 is 21.1 Å². The zero-order valence-electron chi connectivity index (χ0n) is 19.2. The van der Waals surface area contributed by atoms with E-state index < -0.39 is 0 Å². The van der Waals surface area contributed by atoms with Gasteiger partial charge in [-0.05, 0) is 42.3 Å². The zero-order chi connectivity index (χ0) is 23.9. The molecule has 1 amide bonds. The van der Waals surface area contributed by atoms with Crippen LogP contribution in [0, 0.1) is 6.92 Å². The van der Waals surface area contributed by atoms with E-state index in [9.17, 15) is 4.79 Å². The van der Waals surface area contributed by atoms with Crippen molar-refractivity contribution in [1.29, 1.82) is 0 Å². The van der Waals surface area contributed by atoms with E-state index in [4.69, 9.17) is 10.5 Å². The molecule has 0 saturated heterocycles. The minimum atomic E-state index is -0.229. The summed E-state index contributed by atoms with van der Waals surface area (Å²) in [6.07, 6.45) is 2.00. The van der Waals surface area contributed by atoms with Gasteiger partial charge in [-0.2, -0.15) is 0 Å². The Morgan fingerprint density at radius 3 is 2.56 bits per heavy atom. The van der Waals surface area contributed by atoms with Gasteiger partial charge in [0.1, 0.15) is 5.75 Å². The van der Waals surface area contributed by atoms with Gasteiger partial charge in [0.05, 0.1) is 18.4 Å². The number of aromatic nitrogens is 2. The second-order valence-corrected chi connectivity index (χ2v) is 8.00. The van der Waals surface area contributed by atoms with Crippen molar-refractivity contribution >= 4 is 23.2 Å². The zero-order valence-corrected chi connectivity index (χ0v) is 19.2. The Morgan fingerprint density at radius 1 is 1.00 bits per heavy atom. The molecule has 0 aliphatic heterocycles. The molecule has 7 heteroatoms. The molecular formula is C27H27N5O2. The lowest BCUT2D eigenvalue weighted by Crippen LogP contribution is -2.25. The van der Waals surface area contributed by atoms with E-state index in [1.165, 1.54) is 5.56 Å². The number of hydrogen-bond donors (Lipinski definition) is 3. The van der Waals surface area contributed by atoms with E-state index in [2.05, 4.69) is 20.6 Å². The summed E-state index contributed by atoms with van der Waals surface area (Å²) < 4.78 is 5.28. The number of nitrogens with one attached hydrogen (secondary N) is 2. The Morgan fingerprint density at radius 2 is 1.79 bits per heavy atom. The summed E-state index contributed by atoms with van der Waals surface area (Å²) in [5.74, 6) is 0.881. The predicted octanol–water partition coefficient (Wildman–Crippen LogP) is 4.64. The maximum absolute atomic E-state index is 13.1. The minimum Gasteiger partial charge on any atom is -0.497 e. The molecule has 4 aromatic rings. The van der Waals surface area contributed by atoms with Crippen molar-refractivity contribution in [3.05, 3.63) is 107 Å². The highest BCUT2D eigenvalue weighted by Gasteiger charge is 2.16. The lowest BCUT2D eigenvalue weighted by molar-refractivity contribution is 0.0949. The number of nitrogens with two attached hydrogens (primary N) is 1. The summed E-state index contributed by atoms with van der Waals surface area (Å²) in [5.41, 5.74) is 11.6. The van der Waals surface area contributed by atoms with Crippen molar-refractivity contribution in [3.8, 4) is 5.75 Å². The monoisotopic (exact) mass is 453 g/mol. The van der Waals surface area contributed by atoms with Crippen molar-refractivity contribution in [2.45, 2.75) is 19.9 Å². The fourth-order valence-electron chi connectivity index (χ4n) is 3.51. The minimum absolute atomic E-state index is 0.229. The summed E-state index contributed by atoms with van der Waals surface area (Å²) in [4.78, 5) is 22.1. The number of carbonyl (C=O) groups is 1. The summed E-state index contributed by atoms with van der Waals surface area (Å²) in [7, 11) is 1.61. The first-order valence-corrected chi connectivity index (χ1v) is 11.0. The molecule has 7 nitrogen and oxygen atoms in total. The van der Waals surface area contributed by atoms with Gasteiger partial charge >= 0.3 is 0 Å². The average Bonchev–Trinajstić information content (AvgIpc) is 2.84. The second kappa shape index (κ2) is 10.5. The molecule has 0 spiro atoms. The molecule has 172 valence electrons. The van der Waals surface area contributed by atoms with Crippen LogP contribution in [-0.4, -0.2) is 23.0 Å². The lowest BCUT2D eigenvalue weighted by Gasteiger charge is -2.13. The van der Waals surface area contributed by atoms with Crippen LogP contribution in [-0.2, 0) is 13.0 Å². The van der Waals surface area contributed by atoms with Gasteiger partial charge < -0.3 is 21.1 Å². The molecule has 0 unspecified atom stereocenters. The Labute approximate surface area is 199 Å². The number of amides is 1. The van der Waals surface area contributed by atoms with Gasteiger partial charge in [-0.15, -0.1) is 0 Å². The lowest BCUT2D eigenvalue weighted by atomic mass is 10.0. The molecule has 0 aliphatic rings. The smallest absolute Gasteiger partial charge is 0.254 e. The van der Waals surface area contributed by atoms with Gasteiger partial charge in [-0.1, -0.05) is 48.0 Å². The van der Waals surface area contributed by atoms with Gasteiger partial charge in [-0.3, -0.25) is 4.79 Å². The number of rotatable bonds is 8. The van der Waals surface area contributed by atoms with Crippen LogP contribution in [0.15, 0.2) is 79.0 Å². The SMILES string of the molecule is COc1cccc(Nc2ncc(C(=O)NCc3ccc(C)cc3)c(Cc3cccc(N)c3)n2)c1. The maximum Gasteiger partial charge on any atom is 0.254 e. The fourth-order valence-corrected chi connectivity index (χ4v) is 3.51. The number of nitrogen functional groups attached to an aromatic ring is 1. The van der Waals surface area contributed by atoms with Gasteiger partial charge in [0.2, 0.25) is 5.95 Å². The molecule has 1 heterocycles. The molecular weight excluding hydrogens is 426 g/mol. The molecule has 0 saturated carbocycles. The number of anilines is 3. The third-order valence-corrected chi connectivity index (χ3v) is 5.33. The summed E-state index contributed by atoms with van der Waals surface area (Å²) in [6, 6.07) is 23.1. The molecule has 4 N–H and O–H groups in total. The Bertz CT molecular complexity index is 1290. The van der Waals surface area contributed by atoms with Crippen LogP contribution in [0.3, 0.4) is 0 Å². The Balaban J connectivity index is 1.59. The highest BCUT2D eigenvalue weighted by molar-refractivity contribution is 5.95. The van der Waals surface area contributed by atoms with E-state index in [0.29, 0.717) is 35.9 Å². The molecule has 1 aromatic heterocycles. The van der Waals surface area contributed by atoms with Gasteiger partial charge in [-0.25, -0.2) is 9.97 Å². The summed E-state index contributed by atoms with van der Waals surface area (Å²) >= 11 is 0. The van der Waals surface area contributed by atoms with Gasteiger partial charge in [0, 0.05) is 36.6 Å². The van der Waals surface area contributed by atoms with Crippen molar-refractivity contribution < 1.29 is 9.53 Å². The van der Waals surface area contributed by atoms with Gasteiger partial charge in [0.25, 0.3) is 5.91 Å². The third kappa shape index (κ3) is 5.89. The van der Waals surface area contributed by atoms with Crippen LogP contribution >= 0.6 is 0 Å². The van der Waals surface area contributed by atoms with Crippen LogP contribution in [0.1, 0.15) is 32.7 Å². The van der Waals surface area contributed by atoms with Crippen LogP contribution in [0.4, 0.5) is 17.3 Å². The third-order valence-electron chi connectivity index (χ3n) is 5.33. The van der Waals surface area contributed by atoms with Crippen molar-refractivity contribution in [2.24, 2.45) is 0 Å². The molecule has 34 heavy (non-hydrogen) atoms. The number of nitrogens with zero attached hydrogens (tertiary/aromatic N) is 2. The van der Waals surface area contributed by atoms with E-state index in [-0.39, 0.29) is 5.91 Å². The van der Waals surface area contributed by atoms with E-state index in [1.54, 1.807) is 13.3 Å². The fraction of sp³-hybridized carbons (Fsp3) is 0.148. The van der Waals surface area contributed by atoms with Crippen LogP contribution in [0.2, 0.25) is 0 Å². The normalized spacial score (nSPS) is 10.5. The Kier molecular flexibility index (Phi) is 7.03. The quantitative estimate of drug-likeness (QED) is 0.336. The average molecular weight is 454 g/mol. The first kappa shape index (κ1) is 22.8. The first-order valence-electron chi connectivity index (χ1n) is 11.0. The number of aryl methyl sites for hydroxylation is 1. The molecule has 0 fully saturated rings. The number of benzene rings is 3. The van der Waals surface area contributed by atoms with Crippen LogP contribution in [0.5, 0.6) is 5.75 Å². The van der Waals surface area contributed by atoms with E-state index >= 15 is 0 Å². The number of ether oxygens (including phenoxy) is 1. The topological polar surface area (TPSA) is 102 Å². The predicted molar refractivity (Wildman–Crippen MR) is 134 cm³/mol. The van der Waals surface area contributed by atoms with Gasteiger partial charge in [0.15, 0.2) is 0 Å². The highest BCUT2D eigenvalue weighted by atomic mass is 16.5. The van der Waals surface area contributed by atoms with E-state index in [1.807, 2.05) is 79.7 Å². The molecule has 0 atom stereocenters. The number of carbonyl (C=O) groups excluding carboxylic acids is 1. The molecule has 3 aromatic carbocycles. The van der Waals surface area contributed by atoms with Crippen molar-refractivity contribution in [3.63, 3.8) is 0 Å². The summed E-state index contributed by atoms with van der Waals surface area (Å²) in [6.45, 7) is 2.45. The van der Waals surface area contributed by atoms with Crippen molar-refractivity contribution in [1.82, 2.24) is 15.3 Å².